The molecule has 37 heavy (non-hydrogen) atoms. The number of aliphatic hydroxyl groups excluding tert-OH is 1. The van der Waals surface area contributed by atoms with E-state index in [9.17, 15) is 18.7 Å². The van der Waals surface area contributed by atoms with Crippen LogP contribution in [0.5, 0.6) is 0 Å². The molecule has 0 saturated carbocycles. The van der Waals surface area contributed by atoms with Gasteiger partial charge in [0.05, 0.1) is 6.10 Å². The molecule has 198 valence electrons. The molecule has 5 nitrogen and oxygen atoms in total. The van der Waals surface area contributed by atoms with Gasteiger partial charge in [0.1, 0.15) is 11.6 Å². The molecule has 2 aliphatic heterocycles. The van der Waals surface area contributed by atoms with Crippen molar-refractivity contribution in [3.63, 3.8) is 0 Å². The maximum absolute atomic E-state index is 13.3. The highest BCUT2D eigenvalue weighted by molar-refractivity contribution is 5.91. The van der Waals surface area contributed by atoms with Gasteiger partial charge in [-0.2, -0.15) is 0 Å². The van der Waals surface area contributed by atoms with E-state index in [1.807, 2.05) is 19.2 Å². The number of carbonyl (C=O) groups is 1. The molecule has 2 N–H and O–H groups in total. The van der Waals surface area contributed by atoms with Gasteiger partial charge in [-0.1, -0.05) is 24.8 Å². The van der Waals surface area contributed by atoms with Crippen LogP contribution in [-0.2, 0) is 4.79 Å². The van der Waals surface area contributed by atoms with Crippen molar-refractivity contribution >= 4 is 23.2 Å². The maximum Gasteiger partial charge on any atom is 0.246 e. The lowest BCUT2D eigenvalue weighted by atomic mass is 9.85. The van der Waals surface area contributed by atoms with E-state index in [0.29, 0.717) is 31.1 Å². The Hall–Kier alpha value is -3.03. The number of aliphatic hydroxyl groups is 1. The number of anilines is 1. The first-order valence-electron chi connectivity index (χ1n) is 13.1. The Morgan fingerprint density at radius 2 is 1.73 bits per heavy atom. The van der Waals surface area contributed by atoms with E-state index in [-0.39, 0.29) is 11.8 Å². The van der Waals surface area contributed by atoms with Crippen LogP contribution in [-0.4, -0.2) is 66.7 Å². The van der Waals surface area contributed by atoms with Crippen LogP contribution < -0.4 is 5.32 Å². The smallest absolute Gasteiger partial charge is 0.246 e. The van der Waals surface area contributed by atoms with Crippen LogP contribution in [0.3, 0.4) is 0 Å². The maximum atomic E-state index is 13.3. The average Bonchev–Trinajstić information content (AvgIpc) is 2.91. The van der Waals surface area contributed by atoms with Crippen LogP contribution in [0.25, 0.3) is 11.6 Å². The van der Waals surface area contributed by atoms with E-state index < -0.39 is 17.7 Å². The number of nitrogens with one attached hydrogen (secondary N) is 1. The normalized spacial score (nSPS) is 18.8. The number of hydrogen-bond acceptors (Lipinski definition) is 4. The number of likely N-dealkylation sites (tertiary alicyclic amines) is 2. The Bertz CT molecular complexity index is 1100. The van der Waals surface area contributed by atoms with E-state index in [2.05, 4.69) is 28.9 Å². The third-order valence-electron chi connectivity index (χ3n) is 7.77. The van der Waals surface area contributed by atoms with Gasteiger partial charge in [0.15, 0.2) is 0 Å². The largest absolute Gasteiger partial charge is 0.392 e. The molecule has 0 radical (unpaired) electrons. The third-order valence-corrected chi connectivity index (χ3v) is 7.77. The summed E-state index contributed by atoms with van der Waals surface area (Å²) in [7, 11) is 1.93. The van der Waals surface area contributed by atoms with Crippen molar-refractivity contribution in [2.45, 2.75) is 31.8 Å². The molecule has 4 rings (SSSR count). The van der Waals surface area contributed by atoms with Crippen LogP contribution in [0.1, 0.15) is 36.8 Å². The zero-order valence-corrected chi connectivity index (χ0v) is 21.5. The second-order valence-electron chi connectivity index (χ2n) is 10.2. The summed E-state index contributed by atoms with van der Waals surface area (Å²) in [4.78, 5) is 16.6. The molecule has 0 spiro atoms. The summed E-state index contributed by atoms with van der Waals surface area (Å²) in [6, 6.07) is 11.5. The van der Waals surface area contributed by atoms with Crippen molar-refractivity contribution in [2.24, 2.45) is 11.8 Å². The molecule has 1 amide bonds. The summed E-state index contributed by atoms with van der Waals surface area (Å²) < 4.78 is 26.7. The minimum absolute atomic E-state index is 0.153. The molecule has 2 aromatic rings. The molecule has 2 fully saturated rings. The fraction of sp³-hybridized carbons (Fsp3) is 0.433. The number of allylic oxidation sites excluding steroid dienone is 1. The summed E-state index contributed by atoms with van der Waals surface area (Å²) >= 11 is 0. The van der Waals surface area contributed by atoms with E-state index in [0.717, 1.165) is 50.5 Å². The number of para-hydroxylation sites is 1. The lowest BCUT2D eigenvalue weighted by Gasteiger charge is -2.38. The quantitative estimate of drug-likeness (QED) is 0.490. The second kappa shape index (κ2) is 12.5. The Kier molecular flexibility index (Phi) is 9.11. The number of benzene rings is 2. The van der Waals surface area contributed by atoms with E-state index in [4.69, 9.17) is 0 Å². The van der Waals surface area contributed by atoms with Gasteiger partial charge in [-0.15, -0.1) is 0 Å². The van der Waals surface area contributed by atoms with Gasteiger partial charge in [-0.05, 0) is 86.0 Å². The van der Waals surface area contributed by atoms with Crippen molar-refractivity contribution in [3.8, 4) is 0 Å². The van der Waals surface area contributed by atoms with Crippen molar-refractivity contribution in [1.29, 1.82) is 0 Å². The van der Waals surface area contributed by atoms with Crippen LogP contribution in [0, 0.1) is 23.5 Å². The van der Waals surface area contributed by atoms with E-state index in [1.165, 1.54) is 35.4 Å². The van der Waals surface area contributed by atoms with Gasteiger partial charge in [0.25, 0.3) is 0 Å². The van der Waals surface area contributed by atoms with Gasteiger partial charge < -0.3 is 20.2 Å². The third kappa shape index (κ3) is 7.05. The molecule has 2 aromatic carbocycles. The van der Waals surface area contributed by atoms with Crippen molar-refractivity contribution < 1.29 is 18.7 Å². The predicted octanol–water partition coefficient (Wildman–Crippen LogP) is 5.04. The molecule has 0 bridgehead atoms. The first kappa shape index (κ1) is 27.0. The summed E-state index contributed by atoms with van der Waals surface area (Å²) in [5.74, 6) is -0.931. The lowest BCUT2D eigenvalue weighted by Crippen LogP contribution is -2.45. The van der Waals surface area contributed by atoms with Crippen molar-refractivity contribution in [2.75, 3.05) is 45.1 Å². The first-order chi connectivity index (χ1) is 17.8. The molecule has 1 unspecified atom stereocenters. The minimum Gasteiger partial charge on any atom is -0.392 e. The molecule has 0 aromatic heterocycles. The minimum atomic E-state index is -0.671. The number of piperidine rings is 2. The van der Waals surface area contributed by atoms with Crippen molar-refractivity contribution in [3.05, 3.63) is 77.9 Å². The number of β-amino-alcohol motifs (C(OH)–C–C–N with tert-alkyl or cyclic N) is 1. The van der Waals surface area contributed by atoms with Crippen LogP contribution >= 0.6 is 0 Å². The standard InChI is InChI=1S/C30H37F2N3O2/c1-21(27-5-3-4-6-28(27)33-2)23-9-13-34(14-10-23)20-29(36)24-11-15-35(16-12-24)30(37)8-7-22-17-25(31)19-26(32)18-22/h3-8,17-19,23-24,29,33,36H,1,9-16,20H2,2H3/b8-7+. The summed E-state index contributed by atoms with van der Waals surface area (Å²) in [5, 5.41) is 14.2. The van der Waals surface area contributed by atoms with Crippen LogP contribution in [0.2, 0.25) is 0 Å². The fourth-order valence-corrected chi connectivity index (χ4v) is 5.53. The topological polar surface area (TPSA) is 55.8 Å². The van der Waals surface area contributed by atoms with Crippen LogP contribution in [0.15, 0.2) is 55.1 Å². The average molecular weight is 510 g/mol. The number of rotatable bonds is 8. The number of nitrogens with zero attached hydrogens (tertiary/aromatic N) is 2. The summed E-state index contributed by atoms with van der Waals surface area (Å²) in [5.41, 5.74) is 3.78. The van der Waals surface area contributed by atoms with E-state index in [1.54, 1.807) is 4.90 Å². The monoisotopic (exact) mass is 509 g/mol. The second-order valence-corrected chi connectivity index (χ2v) is 10.2. The SMILES string of the molecule is C=C(c1ccccc1NC)C1CCN(CC(O)C2CCN(C(=O)/C=C/c3cc(F)cc(F)c3)CC2)CC1. The Morgan fingerprint density at radius 1 is 1.08 bits per heavy atom. The first-order valence-corrected chi connectivity index (χ1v) is 13.1. The van der Waals surface area contributed by atoms with E-state index >= 15 is 0 Å². The van der Waals surface area contributed by atoms with Gasteiger partial charge in [-0.25, -0.2) is 8.78 Å². The Balaban J connectivity index is 1.21. The number of hydrogen-bond donors (Lipinski definition) is 2. The molecule has 2 saturated heterocycles. The molecular weight excluding hydrogens is 472 g/mol. The van der Waals surface area contributed by atoms with Crippen molar-refractivity contribution in [1.82, 2.24) is 9.80 Å². The van der Waals surface area contributed by atoms with Gasteiger partial charge in [0, 0.05) is 50.1 Å². The predicted molar refractivity (Wildman–Crippen MR) is 145 cm³/mol. The van der Waals surface area contributed by atoms with Gasteiger partial charge in [-0.3, -0.25) is 4.79 Å². The lowest BCUT2D eigenvalue weighted by molar-refractivity contribution is -0.128. The van der Waals surface area contributed by atoms with Crippen LogP contribution in [0.4, 0.5) is 14.5 Å². The number of halogens is 2. The zero-order valence-electron chi connectivity index (χ0n) is 21.5. The number of carbonyl (C=O) groups excluding carboxylic acids is 1. The Labute approximate surface area is 218 Å². The number of amides is 1. The summed E-state index contributed by atoms with van der Waals surface area (Å²) in [6.07, 6.45) is 5.90. The fourth-order valence-electron chi connectivity index (χ4n) is 5.53. The molecule has 1 atom stereocenters. The summed E-state index contributed by atoms with van der Waals surface area (Å²) in [6.45, 7) is 8.05. The Morgan fingerprint density at radius 3 is 2.38 bits per heavy atom. The van der Waals surface area contributed by atoms with Gasteiger partial charge >= 0.3 is 0 Å². The zero-order chi connectivity index (χ0) is 26.4. The highest BCUT2D eigenvalue weighted by Gasteiger charge is 2.30. The highest BCUT2D eigenvalue weighted by atomic mass is 19.1. The molecule has 2 heterocycles. The molecule has 7 heteroatoms. The van der Waals surface area contributed by atoms with Gasteiger partial charge in [0.2, 0.25) is 5.91 Å². The molecule has 2 aliphatic rings. The molecular formula is C30H37F2N3O2. The molecule has 0 aliphatic carbocycles. The highest BCUT2D eigenvalue weighted by Crippen LogP contribution is 2.34.